The molecule has 0 spiro atoms. The molecule has 0 aliphatic heterocycles. The van der Waals surface area contributed by atoms with Crippen molar-refractivity contribution in [1.82, 2.24) is 9.55 Å². The average Bonchev–Trinajstić information content (AvgIpc) is 3.04. The van der Waals surface area contributed by atoms with Crippen molar-refractivity contribution in [1.29, 1.82) is 0 Å². The van der Waals surface area contributed by atoms with E-state index in [0.29, 0.717) is 0 Å². The highest BCUT2D eigenvalue weighted by Gasteiger charge is 2.20. The molecule has 104 valence electrons. The third-order valence-corrected chi connectivity index (χ3v) is 4.51. The number of imidazole rings is 1. The molecule has 2 heterocycles. The van der Waals surface area contributed by atoms with Gasteiger partial charge in [0.15, 0.2) is 0 Å². The number of thiophene rings is 1. The fraction of sp³-hybridized carbons (Fsp3) is 0.267. The number of nitrogens with zero attached hydrogens (tertiary/aromatic N) is 2. The molecular weight excluding hydrogens is 290 g/mol. The van der Waals surface area contributed by atoms with Crippen LogP contribution < -0.4 is 5.73 Å². The van der Waals surface area contributed by atoms with Gasteiger partial charge in [-0.2, -0.15) is 0 Å². The monoisotopic (exact) mass is 305 g/mol. The lowest BCUT2D eigenvalue weighted by Gasteiger charge is -2.16. The van der Waals surface area contributed by atoms with Gasteiger partial charge in [-0.05, 0) is 43.5 Å². The van der Waals surface area contributed by atoms with Crippen LogP contribution in [0.5, 0.6) is 0 Å². The van der Waals surface area contributed by atoms with Crippen LogP contribution in [0.25, 0.3) is 11.0 Å². The van der Waals surface area contributed by atoms with Gasteiger partial charge in [0.05, 0.1) is 17.1 Å². The van der Waals surface area contributed by atoms with Crippen LogP contribution in [0.1, 0.15) is 36.6 Å². The molecule has 2 aromatic heterocycles. The van der Waals surface area contributed by atoms with Crippen LogP contribution in [0.2, 0.25) is 5.02 Å². The Labute approximate surface area is 127 Å². The second kappa shape index (κ2) is 5.20. The summed E-state index contributed by atoms with van der Waals surface area (Å²) in [7, 11) is 0. The van der Waals surface area contributed by atoms with Crippen LogP contribution in [-0.4, -0.2) is 9.55 Å². The Bertz CT molecular complexity index is 731. The van der Waals surface area contributed by atoms with Crippen LogP contribution in [0.4, 0.5) is 0 Å². The van der Waals surface area contributed by atoms with E-state index in [1.165, 1.54) is 0 Å². The van der Waals surface area contributed by atoms with Gasteiger partial charge in [0, 0.05) is 15.9 Å². The SMILES string of the molecule is CC(C)n1c(C(N)c2cccs2)nc2ccc(Cl)cc21. The van der Waals surface area contributed by atoms with Gasteiger partial charge in [0.2, 0.25) is 0 Å². The Hall–Kier alpha value is -1.36. The van der Waals surface area contributed by atoms with Gasteiger partial charge in [0.1, 0.15) is 5.82 Å². The van der Waals surface area contributed by atoms with Crippen molar-refractivity contribution in [2.24, 2.45) is 5.73 Å². The van der Waals surface area contributed by atoms with E-state index in [1.807, 2.05) is 35.7 Å². The van der Waals surface area contributed by atoms with Crippen molar-refractivity contribution in [3.05, 3.63) is 51.4 Å². The first-order chi connectivity index (χ1) is 9.58. The van der Waals surface area contributed by atoms with Crippen LogP contribution >= 0.6 is 22.9 Å². The van der Waals surface area contributed by atoms with Crippen LogP contribution in [-0.2, 0) is 0 Å². The van der Waals surface area contributed by atoms with E-state index in [-0.39, 0.29) is 12.1 Å². The molecule has 0 saturated heterocycles. The van der Waals surface area contributed by atoms with Crippen molar-refractivity contribution >= 4 is 34.0 Å². The summed E-state index contributed by atoms with van der Waals surface area (Å²) in [6.07, 6.45) is 0. The van der Waals surface area contributed by atoms with Gasteiger partial charge < -0.3 is 10.3 Å². The van der Waals surface area contributed by atoms with Gasteiger partial charge in [-0.25, -0.2) is 4.98 Å². The van der Waals surface area contributed by atoms with E-state index in [2.05, 4.69) is 18.4 Å². The molecule has 0 saturated carbocycles. The molecule has 0 amide bonds. The number of benzene rings is 1. The summed E-state index contributed by atoms with van der Waals surface area (Å²) in [5, 5.41) is 2.75. The predicted octanol–water partition coefficient (Wildman–Crippen LogP) is 4.38. The zero-order valence-electron chi connectivity index (χ0n) is 11.4. The molecule has 0 radical (unpaired) electrons. The number of halogens is 1. The van der Waals surface area contributed by atoms with Crippen molar-refractivity contribution < 1.29 is 0 Å². The Kier molecular flexibility index (Phi) is 3.54. The van der Waals surface area contributed by atoms with Crippen LogP contribution in [0, 0.1) is 0 Å². The lowest BCUT2D eigenvalue weighted by atomic mass is 10.2. The standard InChI is InChI=1S/C15H16ClN3S/c1-9(2)19-12-8-10(16)5-6-11(12)18-15(19)14(17)13-4-3-7-20-13/h3-9,14H,17H2,1-2H3. The van der Waals surface area contributed by atoms with Gasteiger partial charge in [-0.15, -0.1) is 11.3 Å². The second-order valence-electron chi connectivity index (χ2n) is 5.06. The summed E-state index contributed by atoms with van der Waals surface area (Å²) >= 11 is 7.77. The first-order valence-corrected chi connectivity index (χ1v) is 7.80. The van der Waals surface area contributed by atoms with Crippen LogP contribution in [0.15, 0.2) is 35.7 Å². The van der Waals surface area contributed by atoms with E-state index in [0.717, 1.165) is 26.8 Å². The van der Waals surface area contributed by atoms with Gasteiger partial charge in [-0.3, -0.25) is 0 Å². The summed E-state index contributed by atoms with van der Waals surface area (Å²) in [5.74, 6) is 0.889. The summed E-state index contributed by atoms with van der Waals surface area (Å²) in [6, 6.07) is 9.89. The summed E-state index contributed by atoms with van der Waals surface area (Å²) in [6.45, 7) is 4.26. The lowest BCUT2D eigenvalue weighted by Crippen LogP contribution is -2.18. The summed E-state index contributed by atoms with van der Waals surface area (Å²) in [4.78, 5) is 5.84. The smallest absolute Gasteiger partial charge is 0.132 e. The topological polar surface area (TPSA) is 43.8 Å². The Morgan fingerprint density at radius 3 is 2.75 bits per heavy atom. The number of rotatable bonds is 3. The first kappa shape index (κ1) is 13.6. The molecule has 3 rings (SSSR count). The molecule has 5 heteroatoms. The maximum absolute atomic E-state index is 6.40. The molecule has 1 aromatic carbocycles. The number of nitrogens with two attached hydrogens (primary N) is 1. The summed E-state index contributed by atoms with van der Waals surface area (Å²) in [5.41, 5.74) is 8.37. The highest BCUT2D eigenvalue weighted by atomic mass is 35.5. The van der Waals surface area contributed by atoms with E-state index < -0.39 is 0 Å². The Morgan fingerprint density at radius 2 is 2.10 bits per heavy atom. The zero-order chi connectivity index (χ0) is 14.3. The lowest BCUT2D eigenvalue weighted by molar-refractivity contribution is 0.569. The maximum Gasteiger partial charge on any atom is 0.132 e. The van der Waals surface area contributed by atoms with Crippen LogP contribution in [0.3, 0.4) is 0 Å². The zero-order valence-corrected chi connectivity index (χ0v) is 12.9. The third-order valence-electron chi connectivity index (χ3n) is 3.32. The minimum Gasteiger partial charge on any atom is -0.324 e. The van der Waals surface area contributed by atoms with Gasteiger partial charge in [0.25, 0.3) is 0 Å². The predicted molar refractivity (Wildman–Crippen MR) is 85.5 cm³/mol. The number of fused-ring (bicyclic) bond motifs is 1. The van der Waals surface area contributed by atoms with E-state index in [9.17, 15) is 0 Å². The maximum atomic E-state index is 6.40. The molecular formula is C15H16ClN3S. The molecule has 0 aliphatic carbocycles. The second-order valence-corrected chi connectivity index (χ2v) is 6.48. The molecule has 3 nitrogen and oxygen atoms in total. The van der Waals surface area contributed by atoms with Crippen molar-refractivity contribution in [2.75, 3.05) is 0 Å². The van der Waals surface area contributed by atoms with Crippen molar-refractivity contribution in [3.63, 3.8) is 0 Å². The molecule has 1 atom stereocenters. The molecule has 0 fully saturated rings. The van der Waals surface area contributed by atoms with Crippen molar-refractivity contribution in [3.8, 4) is 0 Å². The molecule has 3 aromatic rings. The summed E-state index contributed by atoms with van der Waals surface area (Å²) < 4.78 is 2.17. The fourth-order valence-electron chi connectivity index (χ4n) is 2.44. The Morgan fingerprint density at radius 1 is 1.30 bits per heavy atom. The van der Waals surface area contributed by atoms with Crippen molar-refractivity contribution in [2.45, 2.75) is 25.9 Å². The number of hydrogen-bond donors (Lipinski definition) is 1. The van der Waals surface area contributed by atoms with E-state index in [1.54, 1.807) is 11.3 Å². The largest absolute Gasteiger partial charge is 0.324 e. The molecule has 1 unspecified atom stereocenters. The number of aromatic nitrogens is 2. The van der Waals surface area contributed by atoms with E-state index in [4.69, 9.17) is 22.3 Å². The molecule has 0 bridgehead atoms. The highest BCUT2D eigenvalue weighted by molar-refractivity contribution is 7.10. The normalized spacial score (nSPS) is 13.2. The van der Waals surface area contributed by atoms with Gasteiger partial charge >= 0.3 is 0 Å². The number of hydrogen-bond acceptors (Lipinski definition) is 3. The molecule has 20 heavy (non-hydrogen) atoms. The van der Waals surface area contributed by atoms with E-state index >= 15 is 0 Å². The fourth-order valence-corrected chi connectivity index (χ4v) is 3.33. The highest BCUT2D eigenvalue weighted by Crippen LogP contribution is 2.30. The Balaban J connectivity index is 2.22. The first-order valence-electron chi connectivity index (χ1n) is 6.54. The minimum atomic E-state index is -0.205. The molecule has 0 aliphatic rings. The minimum absolute atomic E-state index is 0.205. The third kappa shape index (κ3) is 2.24. The average molecular weight is 306 g/mol. The quantitative estimate of drug-likeness (QED) is 0.780. The molecule has 2 N–H and O–H groups in total. The van der Waals surface area contributed by atoms with Gasteiger partial charge in [-0.1, -0.05) is 17.7 Å².